The summed E-state index contributed by atoms with van der Waals surface area (Å²) in [7, 11) is 0. The molecule has 0 aromatic heterocycles. The second kappa shape index (κ2) is 7.19. The number of benzene rings is 1. The smallest absolute Gasteiger partial charge is 0.0225 e. The lowest BCUT2D eigenvalue weighted by Crippen LogP contribution is -1.97. The Hall–Kier alpha value is -0.140. The van der Waals surface area contributed by atoms with Crippen LogP contribution in [-0.4, -0.2) is 11.6 Å². The van der Waals surface area contributed by atoms with Gasteiger partial charge in [-0.25, -0.2) is 0 Å². The first-order valence-electron chi connectivity index (χ1n) is 5.48. The number of rotatable bonds is 6. The minimum atomic E-state index is 0.749. The summed E-state index contributed by atoms with van der Waals surface area (Å²) in [5.74, 6) is 2.73. The second-order valence-corrected chi connectivity index (χ2v) is 5.50. The van der Waals surface area contributed by atoms with Gasteiger partial charge in [-0.3, -0.25) is 0 Å². The van der Waals surface area contributed by atoms with Gasteiger partial charge in [0.15, 0.2) is 0 Å². The van der Waals surface area contributed by atoms with Crippen LogP contribution in [0.2, 0.25) is 0 Å². The Morgan fingerprint density at radius 1 is 1.27 bits per heavy atom. The minimum absolute atomic E-state index is 0.749. The van der Waals surface area contributed by atoms with E-state index in [2.05, 4.69) is 38.1 Å². The van der Waals surface area contributed by atoms with Crippen molar-refractivity contribution in [1.82, 2.24) is 0 Å². The maximum Gasteiger partial charge on any atom is 0.0225 e. The van der Waals surface area contributed by atoms with Crippen molar-refractivity contribution in [3.8, 4) is 0 Å². The highest BCUT2D eigenvalue weighted by Crippen LogP contribution is 2.24. The SMILES string of the molecule is Cc1ccccc1SCCC(C)CCCl. The standard InChI is InChI=1S/C13H19ClS/c1-11(7-9-14)8-10-15-13-6-4-3-5-12(13)2/h3-6,11H,7-10H2,1-2H3. The lowest BCUT2D eigenvalue weighted by molar-refractivity contribution is 0.552. The molecule has 0 amide bonds. The Labute approximate surface area is 102 Å². The van der Waals surface area contributed by atoms with Crippen LogP contribution >= 0.6 is 23.4 Å². The molecule has 0 aliphatic carbocycles. The number of hydrogen-bond donors (Lipinski definition) is 0. The normalized spacial score (nSPS) is 12.7. The average Bonchev–Trinajstić information content (AvgIpc) is 2.21. The molecular formula is C13H19ClS. The molecule has 1 aromatic carbocycles. The maximum absolute atomic E-state index is 5.71. The van der Waals surface area contributed by atoms with Crippen LogP contribution in [0.25, 0.3) is 0 Å². The first-order valence-corrected chi connectivity index (χ1v) is 7.00. The van der Waals surface area contributed by atoms with Crippen molar-refractivity contribution in [2.24, 2.45) is 5.92 Å². The van der Waals surface area contributed by atoms with Gasteiger partial charge in [0.25, 0.3) is 0 Å². The van der Waals surface area contributed by atoms with Crippen molar-refractivity contribution in [1.29, 1.82) is 0 Å². The molecule has 0 aliphatic heterocycles. The van der Waals surface area contributed by atoms with Crippen molar-refractivity contribution < 1.29 is 0 Å². The summed E-state index contributed by atoms with van der Waals surface area (Å²) in [6.07, 6.45) is 2.39. The van der Waals surface area contributed by atoms with E-state index in [1.165, 1.54) is 22.6 Å². The molecular weight excluding hydrogens is 224 g/mol. The van der Waals surface area contributed by atoms with E-state index in [0.717, 1.165) is 18.2 Å². The molecule has 0 saturated carbocycles. The molecule has 15 heavy (non-hydrogen) atoms. The van der Waals surface area contributed by atoms with E-state index < -0.39 is 0 Å². The molecule has 1 rings (SSSR count). The van der Waals surface area contributed by atoms with Crippen LogP contribution in [0, 0.1) is 12.8 Å². The summed E-state index contributed by atoms with van der Waals surface area (Å²) in [5.41, 5.74) is 1.38. The van der Waals surface area contributed by atoms with Crippen LogP contribution in [0.4, 0.5) is 0 Å². The summed E-state index contributed by atoms with van der Waals surface area (Å²) in [5, 5.41) is 0. The Kier molecular flexibility index (Phi) is 6.19. The summed E-state index contributed by atoms with van der Waals surface area (Å²) in [6.45, 7) is 4.45. The van der Waals surface area contributed by atoms with E-state index in [4.69, 9.17) is 11.6 Å². The minimum Gasteiger partial charge on any atom is -0.127 e. The summed E-state index contributed by atoms with van der Waals surface area (Å²) >= 11 is 7.67. The highest BCUT2D eigenvalue weighted by Gasteiger charge is 2.02. The number of aryl methyl sites for hydroxylation is 1. The number of hydrogen-bond acceptors (Lipinski definition) is 1. The van der Waals surface area contributed by atoms with Gasteiger partial charge >= 0.3 is 0 Å². The average molecular weight is 243 g/mol. The van der Waals surface area contributed by atoms with Gasteiger partial charge < -0.3 is 0 Å². The third kappa shape index (κ3) is 4.94. The largest absolute Gasteiger partial charge is 0.127 e. The first-order chi connectivity index (χ1) is 7.24. The van der Waals surface area contributed by atoms with E-state index >= 15 is 0 Å². The van der Waals surface area contributed by atoms with Gasteiger partial charge in [-0.15, -0.1) is 23.4 Å². The Bertz CT molecular complexity index is 286. The predicted molar refractivity (Wildman–Crippen MR) is 71.0 cm³/mol. The molecule has 0 fully saturated rings. The third-order valence-electron chi connectivity index (χ3n) is 2.56. The van der Waals surface area contributed by atoms with Crippen molar-refractivity contribution in [2.45, 2.75) is 31.6 Å². The molecule has 2 heteroatoms. The Morgan fingerprint density at radius 3 is 2.67 bits per heavy atom. The lowest BCUT2D eigenvalue weighted by atomic mass is 10.1. The van der Waals surface area contributed by atoms with Gasteiger partial charge in [0.2, 0.25) is 0 Å². The highest BCUT2D eigenvalue weighted by molar-refractivity contribution is 7.99. The van der Waals surface area contributed by atoms with Gasteiger partial charge in [0, 0.05) is 10.8 Å². The van der Waals surface area contributed by atoms with Gasteiger partial charge in [0.05, 0.1) is 0 Å². The lowest BCUT2D eigenvalue weighted by Gasteiger charge is -2.09. The van der Waals surface area contributed by atoms with Crippen molar-refractivity contribution in [2.75, 3.05) is 11.6 Å². The second-order valence-electron chi connectivity index (χ2n) is 3.99. The van der Waals surface area contributed by atoms with E-state index in [9.17, 15) is 0 Å². The number of thioether (sulfide) groups is 1. The van der Waals surface area contributed by atoms with Crippen LogP contribution in [0.1, 0.15) is 25.3 Å². The maximum atomic E-state index is 5.71. The first kappa shape index (κ1) is 12.9. The molecule has 84 valence electrons. The molecule has 1 atom stereocenters. The van der Waals surface area contributed by atoms with Crippen LogP contribution in [0.3, 0.4) is 0 Å². The van der Waals surface area contributed by atoms with Crippen LogP contribution in [-0.2, 0) is 0 Å². The zero-order valence-corrected chi connectivity index (χ0v) is 11.1. The molecule has 0 bridgehead atoms. The van der Waals surface area contributed by atoms with Gasteiger partial charge in [0.1, 0.15) is 0 Å². The Balaban J connectivity index is 2.29. The fourth-order valence-electron chi connectivity index (χ4n) is 1.42. The molecule has 0 N–H and O–H groups in total. The zero-order chi connectivity index (χ0) is 11.1. The predicted octanol–water partition coefficient (Wildman–Crippen LogP) is 4.74. The van der Waals surface area contributed by atoms with Crippen molar-refractivity contribution >= 4 is 23.4 Å². The fourth-order valence-corrected chi connectivity index (χ4v) is 3.00. The monoisotopic (exact) mass is 242 g/mol. The Morgan fingerprint density at radius 2 is 2.00 bits per heavy atom. The molecule has 0 spiro atoms. The van der Waals surface area contributed by atoms with Crippen LogP contribution in [0.15, 0.2) is 29.2 Å². The molecule has 0 aliphatic rings. The van der Waals surface area contributed by atoms with Crippen molar-refractivity contribution in [3.05, 3.63) is 29.8 Å². The molecule has 0 heterocycles. The van der Waals surface area contributed by atoms with Crippen LogP contribution in [0.5, 0.6) is 0 Å². The van der Waals surface area contributed by atoms with E-state index in [1.807, 2.05) is 11.8 Å². The van der Waals surface area contributed by atoms with Gasteiger partial charge in [-0.1, -0.05) is 25.1 Å². The molecule has 0 radical (unpaired) electrons. The molecule has 0 nitrogen and oxygen atoms in total. The number of alkyl halides is 1. The molecule has 1 aromatic rings. The quantitative estimate of drug-likeness (QED) is 0.513. The molecule has 0 saturated heterocycles. The van der Waals surface area contributed by atoms with E-state index in [0.29, 0.717) is 0 Å². The van der Waals surface area contributed by atoms with E-state index in [1.54, 1.807) is 0 Å². The zero-order valence-electron chi connectivity index (χ0n) is 9.50. The van der Waals surface area contributed by atoms with Gasteiger partial charge in [-0.2, -0.15) is 0 Å². The summed E-state index contributed by atoms with van der Waals surface area (Å²) in [4.78, 5) is 1.41. The highest BCUT2D eigenvalue weighted by atomic mass is 35.5. The fraction of sp³-hybridized carbons (Fsp3) is 0.538. The summed E-state index contributed by atoms with van der Waals surface area (Å²) in [6, 6.07) is 8.57. The molecule has 1 unspecified atom stereocenters. The van der Waals surface area contributed by atoms with E-state index in [-0.39, 0.29) is 0 Å². The summed E-state index contributed by atoms with van der Waals surface area (Å²) < 4.78 is 0. The number of halogens is 1. The third-order valence-corrected chi connectivity index (χ3v) is 3.99. The topological polar surface area (TPSA) is 0 Å². The van der Waals surface area contributed by atoms with Gasteiger partial charge in [-0.05, 0) is 43.1 Å². The van der Waals surface area contributed by atoms with Crippen molar-refractivity contribution in [3.63, 3.8) is 0 Å². The van der Waals surface area contributed by atoms with Crippen LogP contribution < -0.4 is 0 Å².